The Morgan fingerprint density at radius 1 is 0.658 bits per heavy atom. The number of benzene rings is 2. The Kier molecular flexibility index (Phi) is 21.2. The highest BCUT2D eigenvalue weighted by molar-refractivity contribution is 6.05. The summed E-state index contributed by atoms with van der Waals surface area (Å²) in [5, 5.41) is 51.9. The summed E-state index contributed by atoms with van der Waals surface area (Å²) in [4.78, 5) is 69.4. The average Bonchev–Trinajstić information content (AvgIpc) is 3.48. The van der Waals surface area contributed by atoms with Gasteiger partial charge in [-0.15, -0.1) is 19.3 Å². The Hall–Kier alpha value is -8.02. The number of hydrogen-bond donors (Lipinski definition) is 6. The third-order valence-corrected chi connectivity index (χ3v) is 13.8. The second kappa shape index (κ2) is 27.0. The molecule has 10 atom stereocenters. The maximum absolute atomic E-state index is 12.7. The predicted octanol–water partition coefficient (Wildman–Crippen LogP) is 5.87. The number of ether oxygens (including phenoxy) is 6. The number of fused-ring (bicyclic) bond motifs is 2. The van der Waals surface area contributed by atoms with E-state index in [9.17, 15) is 39.6 Å². The van der Waals surface area contributed by atoms with Crippen molar-refractivity contribution in [2.75, 3.05) is 26.4 Å². The van der Waals surface area contributed by atoms with Gasteiger partial charge in [0.15, 0.2) is 18.8 Å². The van der Waals surface area contributed by atoms with Gasteiger partial charge in [0.2, 0.25) is 12.6 Å². The number of aliphatic hydroxyl groups excluding tert-OH is 2. The Labute approximate surface area is 455 Å². The van der Waals surface area contributed by atoms with Crippen LogP contribution in [0.1, 0.15) is 97.4 Å². The molecule has 0 spiro atoms. The van der Waals surface area contributed by atoms with Crippen molar-refractivity contribution in [2.24, 2.45) is 22.1 Å². The lowest BCUT2D eigenvalue weighted by Crippen LogP contribution is -2.62. The first-order valence-corrected chi connectivity index (χ1v) is 24.9. The van der Waals surface area contributed by atoms with Gasteiger partial charge in [0.05, 0.1) is 33.4 Å². The summed E-state index contributed by atoms with van der Waals surface area (Å²) >= 11 is 0. The lowest BCUT2D eigenvalue weighted by atomic mass is 9.79. The Morgan fingerprint density at radius 3 is 1.39 bits per heavy atom. The van der Waals surface area contributed by atoms with Gasteiger partial charge in [-0.3, -0.25) is 9.68 Å². The number of amides is 2. The van der Waals surface area contributed by atoms with E-state index < -0.39 is 83.5 Å². The number of nitrogens with one attached hydrogen (secondary N) is 2. The number of hydrogen-bond acceptors (Lipinski definition) is 22. The van der Waals surface area contributed by atoms with Crippen LogP contribution in [0, 0.1) is 62.7 Å². The number of aliphatic hydroxyl groups is 2. The van der Waals surface area contributed by atoms with Gasteiger partial charge in [-0.05, 0) is 85.6 Å². The lowest BCUT2D eigenvalue weighted by Gasteiger charge is -2.48. The summed E-state index contributed by atoms with van der Waals surface area (Å²) in [6.45, 7) is 18.8. The highest BCUT2D eigenvalue weighted by atomic mass is 16.7. The Morgan fingerprint density at radius 2 is 1.04 bits per heavy atom. The average molecular weight is 1100 g/mol. The second-order valence-electron chi connectivity index (χ2n) is 18.6. The molecule has 0 saturated carbocycles. The summed E-state index contributed by atoms with van der Waals surface area (Å²) < 4.78 is 46.3. The van der Waals surface area contributed by atoms with Gasteiger partial charge in [0, 0.05) is 23.0 Å². The maximum Gasteiger partial charge on any atom is 0.431 e. The first kappa shape index (κ1) is 61.8. The van der Waals surface area contributed by atoms with Crippen molar-refractivity contribution in [1.29, 1.82) is 0 Å². The van der Waals surface area contributed by atoms with Gasteiger partial charge >= 0.3 is 23.4 Å². The number of aryl methyl sites for hydroxylation is 2. The Balaban J connectivity index is 0.000000291. The summed E-state index contributed by atoms with van der Waals surface area (Å²) in [7, 11) is 0. The first-order chi connectivity index (χ1) is 37.5. The number of carbonyl (C=O) groups excluding carboxylic acids is 2. The molecule has 4 aromatic rings. The van der Waals surface area contributed by atoms with Crippen LogP contribution in [0.25, 0.3) is 21.9 Å². The molecule has 24 heteroatoms. The van der Waals surface area contributed by atoms with E-state index >= 15 is 0 Å². The molecule has 0 bridgehead atoms. The summed E-state index contributed by atoms with van der Waals surface area (Å²) in [5.74, 6) is 5.52. The molecular formula is C55H66N4O20. The van der Waals surface area contributed by atoms with Crippen molar-refractivity contribution in [3.05, 3.63) is 67.4 Å². The number of terminal acetylenes is 3. The van der Waals surface area contributed by atoms with Crippen molar-refractivity contribution in [2.45, 2.75) is 137 Å². The largest absolute Gasteiger partial charge is 0.506 e. The molecule has 24 nitrogen and oxygen atoms in total. The molecular weight excluding hydrogens is 1040 g/mol. The monoisotopic (exact) mass is 1100 g/mol. The van der Waals surface area contributed by atoms with Gasteiger partial charge in [0.25, 0.3) is 0 Å². The lowest BCUT2D eigenvalue weighted by molar-refractivity contribution is -0.290. The molecule has 79 heavy (non-hydrogen) atoms. The minimum absolute atomic E-state index is 0.0517. The summed E-state index contributed by atoms with van der Waals surface area (Å²) in [5.41, 5.74) is 1.56. The maximum atomic E-state index is 12.7. The molecule has 2 aliphatic heterocycles. The fraction of sp³-hybridized carbons (Fsp3) is 0.491. The topological polar surface area (TPSA) is 317 Å². The molecule has 2 aromatic carbocycles. The van der Waals surface area contributed by atoms with E-state index in [0.29, 0.717) is 24.0 Å². The number of aromatic hydroxyl groups is 2. The highest BCUT2D eigenvalue weighted by Gasteiger charge is 2.53. The predicted molar refractivity (Wildman–Crippen MR) is 284 cm³/mol. The van der Waals surface area contributed by atoms with E-state index in [1.165, 1.54) is 32.0 Å². The van der Waals surface area contributed by atoms with Crippen LogP contribution in [-0.4, -0.2) is 119 Å². The van der Waals surface area contributed by atoms with Gasteiger partial charge in [0.1, 0.15) is 77.3 Å². The van der Waals surface area contributed by atoms with E-state index in [2.05, 4.69) is 39.0 Å². The molecule has 2 fully saturated rings. The Bertz CT molecular complexity index is 3170. The number of nitrogens with zero attached hydrogens (tertiary/aromatic N) is 2. The number of oxime groups is 2. The minimum Gasteiger partial charge on any atom is -0.506 e. The van der Waals surface area contributed by atoms with Crippen LogP contribution >= 0.6 is 0 Å². The normalized spacial score (nSPS) is 24.8. The quantitative estimate of drug-likeness (QED) is 0.0223. The van der Waals surface area contributed by atoms with Crippen LogP contribution in [0.4, 0.5) is 9.59 Å². The van der Waals surface area contributed by atoms with Gasteiger partial charge in [-0.1, -0.05) is 55.8 Å². The fourth-order valence-corrected chi connectivity index (χ4v) is 8.69. The first-order valence-electron chi connectivity index (χ1n) is 24.9. The number of rotatable bonds is 18. The number of hydroxylamine groups is 2. The van der Waals surface area contributed by atoms with Gasteiger partial charge < -0.3 is 67.4 Å². The molecule has 2 aromatic heterocycles. The molecule has 2 aliphatic rings. The minimum atomic E-state index is -1.41. The van der Waals surface area contributed by atoms with Crippen LogP contribution in [0.5, 0.6) is 23.0 Å². The van der Waals surface area contributed by atoms with Gasteiger partial charge in [-0.2, -0.15) is 11.0 Å². The van der Waals surface area contributed by atoms with Crippen LogP contribution in [-0.2, 0) is 38.3 Å². The molecule has 6 N–H and O–H groups in total. The van der Waals surface area contributed by atoms with Crippen LogP contribution < -0.4 is 31.7 Å². The molecule has 2 unspecified atom stereocenters. The highest BCUT2D eigenvalue weighted by Crippen LogP contribution is 2.43. The zero-order valence-corrected chi connectivity index (χ0v) is 45.6. The molecule has 2 amide bonds. The van der Waals surface area contributed by atoms with Crippen molar-refractivity contribution in [3.8, 4) is 60.0 Å². The molecule has 426 valence electrons. The van der Waals surface area contributed by atoms with Crippen molar-refractivity contribution in [1.82, 2.24) is 11.0 Å². The summed E-state index contributed by atoms with van der Waals surface area (Å²) in [6, 6.07) is 6.06. The van der Waals surface area contributed by atoms with Crippen LogP contribution in [0.3, 0.4) is 0 Å². The summed E-state index contributed by atoms with van der Waals surface area (Å²) in [6.07, 6.45) is 7.07. The van der Waals surface area contributed by atoms with Crippen molar-refractivity contribution >= 4 is 45.5 Å². The van der Waals surface area contributed by atoms with Crippen LogP contribution in [0.15, 0.2) is 53.0 Å². The molecule has 0 radical (unpaired) electrons. The van der Waals surface area contributed by atoms with Gasteiger partial charge in [-0.25, -0.2) is 19.2 Å². The molecule has 4 heterocycles. The molecule has 0 aliphatic carbocycles. The van der Waals surface area contributed by atoms with E-state index in [-0.39, 0.29) is 93.9 Å². The third-order valence-electron chi connectivity index (χ3n) is 13.8. The zero-order chi connectivity index (χ0) is 58.5. The van der Waals surface area contributed by atoms with E-state index in [4.69, 9.17) is 75.9 Å². The third kappa shape index (κ3) is 13.8. The van der Waals surface area contributed by atoms with E-state index in [0.717, 1.165) is 0 Å². The van der Waals surface area contributed by atoms with Crippen LogP contribution in [0.2, 0.25) is 0 Å². The van der Waals surface area contributed by atoms with Crippen molar-refractivity contribution < 1.29 is 86.6 Å². The SMILES string of the molecule is C#CCO/N=C(/C)c1c(O)c2ccc(OC3O[C@@](C)(CC)[C@H](C)[C@@H](OC(=O)NOCC#C)[C@H]3O)c(C)c2oc1=O.C#CCONC(=O)O[C@@H]1[C@@H](C)[C@](C)(CC)OC(Oc2ccc3c(O)c(/C(C)=N\OCC)c(=O)oc3c2C)[C@@H]1O. The molecule has 6 rings (SSSR count). The van der Waals surface area contributed by atoms with Crippen molar-refractivity contribution in [3.63, 3.8) is 0 Å². The van der Waals surface area contributed by atoms with E-state index in [1.54, 1.807) is 40.7 Å². The zero-order valence-electron chi connectivity index (χ0n) is 45.6. The second-order valence-corrected chi connectivity index (χ2v) is 18.6. The standard InChI is InChI=1S/C28H32N2O10.C27H34N2O10/c1-8-13-35-29-17(6)20-21(31)18-11-12-19(15(4)23(18)38-25(20)33)37-26-22(32)24(16(5)28(7,10-3)40-26)39-27(34)30-36-14-9-2;1-8-13-35-29-26(33)38-23-15(5)27(7,9-2)39-25(21(23)31)36-18-12-11-17-20(30)19(16(6)28-34-10-3)24(32)37-22(17)14(18)4/h1-2,11-12,16,22,24,26,31-32H,10,13-14H2,3-7H3,(H,30,34);1,11-12,15,21,23,25,30-31H,9-10,13H2,2-7H3,(H,29,33)/b29-17-;28-16-/t16-,22-,24-,26?,28+;15-,21-,23-,25?,27+/m11/s1. The smallest absolute Gasteiger partial charge is 0.431 e. The van der Waals surface area contributed by atoms with E-state index in [1.807, 2.05) is 27.7 Å². The molecule has 2 saturated heterocycles. The number of carbonyl (C=O) groups is 2. The fourth-order valence-electron chi connectivity index (χ4n) is 8.69.